The fourth-order valence-corrected chi connectivity index (χ4v) is 2.62. The van der Waals surface area contributed by atoms with Gasteiger partial charge in [-0.05, 0) is 30.3 Å². The summed E-state index contributed by atoms with van der Waals surface area (Å²) in [5.41, 5.74) is 1.05. The van der Waals surface area contributed by atoms with E-state index in [9.17, 15) is 19.5 Å². The number of carboxylic acids is 1. The van der Waals surface area contributed by atoms with E-state index in [2.05, 4.69) is 5.32 Å². The molecule has 0 saturated carbocycles. The molecule has 0 aromatic heterocycles. The number of amides is 2. The van der Waals surface area contributed by atoms with E-state index < -0.39 is 18.1 Å². The number of anilines is 1. The van der Waals surface area contributed by atoms with Crippen molar-refractivity contribution in [3.8, 4) is 0 Å². The van der Waals surface area contributed by atoms with Crippen LogP contribution in [0.1, 0.15) is 42.9 Å². The van der Waals surface area contributed by atoms with E-state index in [1.54, 1.807) is 6.07 Å². The summed E-state index contributed by atoms with van der Waals surface area (Å²) in [6, 6.07) is 10.4. The number of nitrogens with one attached hydrogen (secondary N) is 1. The minimum Gasteiger partial charge on any atom is -0.478 e. The van der Waals surface area contributed by atoms with E-state index in [0.717, 1.165) is 0 Å². The molecule has 0 bridgehead atoms. The van der Waals surface area contributed by atoms with Crippen LogP contribution in [0.25, 0.3) is 0 Å². The quantitative estimate of drug-likeness (QED) is 0.796. The smallest absolute Gasteiger partial charge is 0.336 e. The summed E-state index contributed by atoms with van der Waals surface area (Å²) >= 11 is 0. The van der Waals surface area contributed by atoms with Crippen LogP contribution >= 0.6 is 0 Å². The molecule has 0 saturated heterocycles. The van der Waals surface area contributed by atoms with Crippen molar-refractivity contribution in [1.29, 1.82) is 0 Å². The van der Waals surface area contributed by atoms with E-state index in [1.165, 1.54) is 48.3 Å². The standard InChI is InChI=1S/C17H14N2O5/c1-19-15(21)11-7-6-9(8-13(11)16(19)22)18-14(20)10-4-2-3-5-12(10)17(23)24/h2-8,16,22H,1H3,(H,18,20)(H,23,24). The number of carboxylic acid groups (broad SMARTS) is 1. The van der Waals surface area contributed by atoms with Crippen LogP contribution in [0.2, 0.25) is 0 Å². The van der Waals surface area contributed by atoms with Crippen LogP contribution in [0, 0.1) is 0 Å². The first-order valence-corrected chi connectivity index (χ1v) is 7.13. The molecular weight excluding hydrogens is 312 g/mol. The maximum Gasteiger partial charge on any atom is 0.336 e. The molecule has 7 nitrogen and oxygen atoms in total. The highest BCUT2D eigenvalue weighted by atomic mass is 16.4. The van der Waals surface area contributed by atoms with Crippen LogP contribution in [0.3, 0.4) is 0 Å². The second-order valence-corrected chi connectivity index (χ2v) is 5.40. The molecule has 3 N–H and O–H groups in total. The zero-order valence-corrected chi connectivity index (χ0v) is 12.7. The topological polar surface area (TPSA) is 107 Å². The van der Waals surface area contributed by atoms with Crippen molar-refractivity contribution in [1.82, 2.24) is 4.90 Å². The fraction of sp³-hybridized carbons (Fsp3) is 0.118. The highest BCUT2D eigenvalue weighted by Gasteiger charge is 2.32. The van der Waals surface area contributed by atoms with E-state index in [4.69, 9.17) is 5.11 Å². The van der Waals surface area contributed by atoms with Crippen molar-refractivity contribution in [2.24, 2.45) is 0 Å². The Morgan fingerprint density at radius 3 is 2.46 bits per heavy atom. The summed E-state index contributed by atoms with van der Waals surface area (Å²) in [6.07, 6.45) is -1.07. The number of fused-ring (bicyclic) bond motifs is 1. The number of aliphatic hydroxyl groups is 1. The van der Waals surface area contributed by atoms with Crippen molar-refractivity contribution >= 4 is 23.5 Å². The molecule has 2 amide bonds. The van der Waals surface area contributed by atoms with Crippen molar-refractivity contribution in [3.63, 3.8) is 0 Å². The van der Waals surface area contributed by atoms with E-state index in [1.807, 2.05) is 0 Å². The zero-order valence-electron chi connectivity index (χ0n) is 12.7. The first-order valence-electron chi connectivity index (χ1n) is 7.13. The van der Waals surface area contributed by atoms with Crippen LogP contribution in [-0.4, -0.2) is 39.9 Å². The van der Waals surface area contributed by atoms with Crippen LogP contribution in [0.4, 0.5) is 5.69 Å². The fourth-order valence-electron chi connectivity index (χ4n) is 2.62. The van der Waals surface area contributed by atoms with Gasteiger partial charge in [0.05, 0.1) is 11.1 Å². The van der Waals surface area contributed by atoms with Gasteiger partial charge in [0.2, 0.25) is 0 Å². The Hall–Kier alpha value is -3.19. The number of hydrogen-bond acceptors (Lipinski definition) is 4. The second kappa shape index (κ2) is 5.78. The lowest BCUT2D eigenvalue weighted by Gasteiger charge is -2.14. The van der Waals surface area contributed by atoms with Gasteiger partial charge in [0.15, 0.2) is 6.23 Å². The predicted molar refractivity (Wildman–Crippen MR) is 84.8 cm³/mol. The van der Waals surface area contributed by atoms with Gasteiger partial charge in [-0.2, -0.15) is 0 Å². The highest BCUT2D eigenvalue weighted by Crippen LogP contribution is 2.32. The summed E-state index contributed by atoms with van der Waals surface area (Å²) in [6.45, 7) is 0. The minimum absolute atomic E-state index is 0.0271. The number of carbonyl (C=O) groups is 3. The molecule has 0 aliphatic carbocycles. The third kappa shape index (κ3) is 2.50. The van der Waals surface area contributed by atoms with Gasteiger partial charge >= 0.3 is 5.97 Å². The Labute approximate surface area is 137 Å². The van der Waals surface area contributed by atoms with E-state index >= 15 is 0 Å². The lowest BCUT2D eigenvalue weighted by molar-refractivity contribution is 0.0301. The zero-order chi connectivity index (χ0) is 17.4. The second-order valence-electron chi connectivity index (χ2n) is 5.40. The molecule has 1 atom stereocenters. The van der Waals surface area contributed by atoms with Crippen LogP contribution in [0.15, 0.2) is 42.5 Å². The number of carbonyl (C=O) groups excluding carboxylic acids is 2. The molecule has 2 aromatic rings. The number of nitrogens with zero attached hydrogens (tertiary/aromatic N) is 1. The van der Waals surface area contributed by atoms with E-state index in [-0.39, 0.29) is 17.0 Å². The Morgan fingerprint density at radius 1 is 1.12 bits per heavy atom. The molecule has 1 aliphatic heterocycles. The van der Waals surface area contributed by atoms with Crippen LogP contribution in [-0.2, 0) is 0 Å². The molecular formula is C17H14N2O5. The summed E-state index contributed by atoms with van der Waals surface area (Å²) in [4.78, 5) is 36.6. The summed E-state index contributed by atoms with van der Waals surface area (Å²) in [5, 5.41) is 21.8. The monoisotopic (exact) mass is 326 g/mol. The number of aliphatic hydroxyl groups excluding tert-OH is 1. The Bertz CT molecular complexity index is 862. The van der Waals surface area contributed by atoms with Gasteiger partial charge in [-0.15, -0.1) is 0 Å². The largest absolute Gasteiger partial charge is 0.478 e. The molecule has 1 unspecified atom stereocenters. The first kappa shape index (κ1) is 15.7. The van der Waals surface area contributed by atoms with Gasteiger partial charge < -0.3 is 20.4 Å². The average molecular weight is 326 g/mol. The SMILES string of the molecule is CN1C(=O)c2ccc(NC(=O)c3ccccc3C(=O)O)cc2C1O. The minimum atomic E-state index is -1.20. The van der Waals surface area contributed by atoms with Gasteiger partial charge in [0, 0.05) is 23.9 Å². The lowest BCUT2D eigenvalue weighted by atomic mass is 10.1. The molecule has 0 spiro atoms. The lowest BCUT2D eigenvalue weighted by Crippen LogP contribution is -2.22. The van der Waals surface area contributed by atoms with Gasteiger partial charge in [-0.25, -0.2) is 4.79 Å². The number of aromatic carboxylic acids is 1. The van der Waals surface area contributed by atoms with Crippen LogP contribution < -0.4 is 5.32 Å². The Balaban J connectivity index is 1.90. The number of rotatable bonds is 3. The Kier molecular flexibility index (Phi) is 3.78. The van der Waals surface area contributed by atoms with Crippen molar-refractivity contribution in [2.45, 2.75) is 6.23 Å². The maximum atomic E-state index is 12.3. The van der Waals surface area contributed by atoms with Gasteiger partial charge in [-0.1, -0.05) is 12.1 Å². The molecule has 24 heavy (non-hydrogen) atoms. The van der Waals surface area contributed by atoms with Crippen LogP contribution in [0.5, 0.6) is 0 Å². The van der Waals surface area contributed by atoms with Crippen molar-refractivity contribution in [2.75, 3.05) is 12.4 Å². The molecule has 0 radical (unpaired) electrons. The predicted octanol–water partition coefficient (Wildman–Crippen LogP) is 1.71. The highest BCUT2D eigenvalue weighted by molar-refractivity contribution is 6.11. The molecule has 1 aliphatic rings. The molecule has 122 valence electrons. The average Bonchev–Trinajstić information content (AvgIpc) is 2.79. The third-order valence-electron chi connectivity index (χ3n) is 3.91. The summed E-state index contributed by atoms with van der Waals surface area (Å²) in [7, 11) is 1.48. The van der Waals surface area contributed by atoms with Gasteiger partial charge in [0.1, 0.15) is 0 Å². The first-order chi connectivity index (χ1) is 11.4. The van der Waals surface area contributed by atoms with Gasteiger partial charge in [0.25, 0.3) is 11.8 Å². The number of benzene rings is 2. The molecule has 0 fully saturated rings. The molecule has 1 heterocycles. The Morgan fingerprint density at radius 2 is 1.79 bits per heavy atom. The van der Waals surface area contributed by atoms with Gasteiger partial charge in [-0.3, -0.25) is 9.59 Å². The van der Waals surface area contributed by atoms with Crippen molar-refractivity contribution in [3.05, 3.63) is 64.7 Å². The summed E-state index contributed by atoms with van der Waals surface area (Å²) < 4.78 is 0. The number of hydrogen-bond donors (Lipinski definition) is 3. The molecule has 2 aromatic carbocycles. The third-order valence-corrected chi connectivity index (χ3v) is 3.91. The normalized spacial score (nSPS) is 16.0. The van der Waals surface area contributed by atoms with E-state index in [0.29, 0.717) is 16.8 Å². The summed E-state index contributed by atoms with van der Waals surface area (Å²) in [5.74, 6) is -2.08. The van der Waals surface area contributed by atoms with Crippen molar-refractivity contribution < 1.29 is 24.6 Å². The molecule has 7 heteroatoms. The maximum absolute atomic E-state index is 12.3. The molecule has 3 rings (SSSR count).